The molecule has 0 aliphatic carbocycles. The summed E-state index contributed by atoms with van der Waals surface area (Å²) in [6.45, 7) is 3.76. The minimum absolute atomic E-state index is 0.0444. The number of carbonyl (C=O) groups is 2. The average molecular weight is 440 g/mol. The maximum absolute atomic E-state index is 12.0. The van der Waals surface area contributed by atoms with E-state index in [1.165, 1.54) is 0 Å². The molecule has 0 fully saturated rings. The molecule has 156 valence electrons. The summed E-state index contributed by atoms with van der Waals surface area (Å²) in [7, 11) is 0. The second kappa shape index (κ2) is 11.0. The van der Waals surface area contributed by atoms with Crippen LogP contribution in [0.1, 0.15) is 30.5 Å². The van der Waals surface area contributed by atoms with Crippen molar-refractivity contribution in [1.82, 2.24) is 5.32 Å². The molecule has 8 heteroatoms. The summed E-state index contributed by atoms with van der Waals surface area (Å²) in [6.07, 6.45) is -1.50. The Labute approximate surface area is 179 Å². The second-order valence-corrected chi connectivity index (χ2v) is 7.48. The van der Waals surface area contributed by atoms with Gasteiger partial charge in [0.1, 0.15) is 6.61 Å². The number of benzene rings is 2. The highest BCUT2D eigenvalue weighted by atomic mass is 35.5. The number of carboxylic acids is 1. The van der Waals surface area contributed by atoms with E-state index >= 15 is 0 Å². The lowest BCUT2D eigenvalue weighted by molar-refractivity contribution is -0.153. The number of ether oxygens (including phenoxy) is 2. The van der Waals surface area contributed by atoms with Crippen LogP contribution in [0.25, 0.3) is 0 Å². The molecule has 6 nitrogen and oxygen atoms in total. The van der Waals surface area contributed by atoms with Crippen LogP contribution >= 0.6 is 23.2 Å². The predicted molar refractivity (Wildman–Crippen MR) is 111 cm³/mol. The molecule has 29 heavy (non-hydrogen) atoms. The number of carbonyl (C=O) groups excluding carboxylic acids is 1. The van der Waals surface area contributed by atoms with Crippen molar-refractivity contribution in [1.29, 1.82) is 0 Å². The van der Waals surface area contributed by atoms with Gasteiger partial charge in [-0.25, -0.2) is 9.59 Å². The van der Waals surface area contributed by atoms with Gasteiger partial charge in [-0.15, -0.1) is 0 Å². The van der Waals surface area contributed by atoms with Gasteiger partial charge in [0.2, 0.25) is 0 Å². The fourth-order valence-electron chi connectivity index (χ4n) is 2.64. The van der Waals surface area contributed by atoms with E-state index in [9.17, 15) is 14.7 Å². The van der Waals surface area contributed by atoms with Crippen molar-refractivity contribution in [3.8, 4) is 0 Å². The lowest BCUT2D eigenvalue weighted by atomic mass is 10.0. The Kier molecular flexibility index (Phi) is 8.76. The van der Waals surface area contributed by atoms with Gasteiger partial charge in [0.05, 0.1) is 6.10 Å². The molecule has 1 atom stereocenters. The van der Waals surface area contributed by atoms with Gasteiger partial charge in [0, 0.05) is 28.6 Å². The first-order valence-corrected chi connectivity index (χ1v) is 9.81. The molecule has 0 aliphatic heterocycles. The molecule has 0 aliphatic rings. The molecular formula is C21H23Cl2NO5. The van der Waals surface area contributed by atoms with Crippen molar-refractivity contribution in [2.45, 2.75) is 45.6 Å². The number of aliphatic carboxylic acids is 1. The molecule has 1 unspecified atom stereocenters. The monoisotopic (exact) mass is 439 g/mol. The third-order valence-corrected chi connectivity index (χ3v) is 4.68. The molecule has 1 amide bonds. The first-order valence-electron chi connectivity index (χ1n) is 9.06. The van der Waals surface area contributed by atoms with Crippen molar-refractivity contribution in [2.24, 2.45) is 0 Å². The molecule has 0 bridgehead atoms. The number of hydrogen-bond donors (Lipinski definition) is 2. The molecule has 2 aromatic carbocycles. The quantitative estimate of drug-likeness (QED) is 0.583. The van der Waals surface area contributed by atoms with E-state index in [4.69, 9.17) is 32.7 Å². The van der Waals surface area contributed by atoms with Gasteiger partial charge in [-0.3, -0.25) is 0 Å². The predicted octanol–water partition coefficient (Wildman–Crippen LogP) is 4.84. The summed E-state index contributed by atoms with van der Waals surface area (Å²) in [4.78, 5) is 23.3. The Morgan fingerprint density at radius 2 is 1.69 bits per heavy atom. The van der Waals surface area contributed by atoms with Crippen LogP contribution in [0.2, 0.25) is 10.0 Å². The Morgan fingerprint density at radius 3 is 2.31 bits per heavy atom. The van der Waals surface area contributed by atoms with Crippen LogP contribution in [0.5, 0.6) is 0 Å². The van der Waals surface area contributed by atoms with E-state index in [1.54, 1.807) is 38.1 Å². The maximum atomic E-state index is 12.0. The minimum atomic E-state index is -1.01. The number of carboxylic acid groups (broad SMARTS) is 1. The largest absolute Gasteiger partial charge is 0.479 e. The molecule has 2 rings (SSSR count). The van der Waals surface area contributed by atoms with Crippen LogP contribution in [0.4, 0.5) is 4.79 Å². The molecule has 2 aromatic rings. The maximum Gasteiger partial charge on any atom is 0.407 e. The summed E-state index contributed by atoms with van der Waals surface area (Å²) in [6, 6.07) is 12.3. The Morgan fingerprint density at radius 1 is 1.07 bits per heavy atom. The van der Waals surface area contributed by atoms with Gasteiger partial charge in [-0.2, -0.15) is 0 Å². The van der Waals surface area contributed by atoms with Crippen LogP contribution in [0.15, 0.2) is 42.5 Å². The van der Waals surface area contributed by atoms with Crippen molar-refractivity contribution in [2.75, 3.05) is 0 Å². The van der Waals surface area contributed by atoms with E-state index in [0.717, 1.165) is 11.1 Å². The number of alkyl carbamates (subject to hydrolysis) is 1. The first-order chi connectivity index (χ1) is 13.8. The molecule has 0 spiro atoms. The van der Waals surface area contributed by atoms with E-state index in [-0.39, 0.29) is 25.7 Å². The van der Waals surface area contributed by atoms with Gasteiger partial charge < -0.3 is 19.9 Å². The van der Waals surface area contributed by atoms with Gasteiger partial charge in [-0.1, -0.05) is 53.5 Å². The Bertz CT molecular complexity index is 836. The zero-order valence-corrected chi connectivity index (χ0v) is 17.7. The van der Waals surface area contributed by atoms with E-state index < -0.39 is 18.2 Å². The highest BCUT2D eigenvalue weighted by Gasteiger charge is 2.20. The molecule has 0 heterocycles. The highest BCUT2D eigenvalue weighted by Crippen LogP contribution is 2.24. The van der Waals surface area contributed by atoms with Crippen LogP contribution in [0, 0.1) is 0 Å². The molecule has 0 radical (unpaired) electrons. The summed E-state index contributed by atoms with van der Waals surface area (Å²) in [5.41, 5.74) is 2.15. The summed E-state index contributed by atoms with van der Waals surface area (Å²) < 4.78 is 10.6. The number of rotatable bonds is 9. The van der Waals surface area contributed by atoms with E-state index in [0.29, 0.717) is 15.6 Å². The molecule has 0 saturated heterocycles. The lowest BCUT2D eigenvalue weighted by Crippen LogP contribution is -2.29. The zero-order valence-electron chi connectivity index (χ0n) is 16.2. The fourth-order valence-corrected chi connectivity index (χ4v) is 3.14. The average Bonchev–Trinajstić information content (AvgIpc) is 2.65. The van der Waals surface area contributed by atoms with Crippen LogP contribution in [-0.4, -0.2) is 29.4 Å². The Balaban J connectivity index is 1.89. The third-order valence-electron chi connectivity index (χ3n) is 3.97. The van der Waals surface area contributed by atoms with Crippen molar-refractivity contribution in [3.63, 3.8) is 0 Å². The smallest absolute Gasteiger partial charge is 0.407 e. The lowest BCUT2D eigenvalue weighted by Gasteiger charge is -2.17. The zero-order chi connectivity index (χ0) is 21.4. The van der Waals surface area contributed by atoms with Crippen LogP contribution in [0.3, 0.4) is 0 Å². The third kappa shape index (κ3) is 7.57. The fraction of sp³-hybridized carbons (Fsp3) is 0.333. The van der Waals surface area contributed by atoms with E-state index in [2.05, 4.69) is 5.32 Å². The first kappa shape index (κ1) is 23.0. The SMILES string of the molecule is CC(C)OC(Cc1cccc(CNC(=O)OCc2c(Cl)cccc2Cl)c1)C(=O)O. The highest BCUT2D eigenvalue weighted by molar-refractivity contribution is 6.35. The standard InChI is InChI=1S/C21H23Cl2NO5/c1-13(2)29-19(20(25)26)10-14-5-3-6-15(9-14)11-24-21(27)28-12-16-17(22)7-4-8-18(16)23/h3-9,13,19H,10-12H2,1-2H3,(H,24,27)(H,25,26). The normalized spacial score (nSPS) is 11.9. The van der Waals surface area contributed by atoms with Crippen molar-refractivity contribution >= 4 is 35.3 Å². The summed E-state index contributed by atoms with van der Waals surface area (Å²) in [5, 5.41) is 12.8. The summed E-state index contributed by atoms with van der Waals surface area (Å²) in [5.74, 6) is -1.01. The van der Waals surface area contributed by atoms with Gasteiger partial charge in [0.25, 0.3) is 0 Å². The minimum Gasteiger partial charge on any atom is -0.479 e. The second-order valence-electron chi connectivity index (χ2n) is 6.67. The van der Waals surface area contributed by atoms with Gasteiger partial charge >= 0.3 is 12.1 Å². The van der Waals surface area contributed by atoms with Gasteiger partial charge in [0.15, 0.2) is 6.10 Å². The van der Waals surface area contributed by atoms with Crippen molar-refractivity contribution in [3.05, 3.63) is 69.2 Å². The van der Waals surface area contributed by atoms with E-state index in [1.807, 2.05) is 18.2 Å². The summed E-state index contributed by atoms with van der Waals surface area (Å²) >= 11 is 12.1. The molecule has 2 N–H and O–H groups in total. The molecule has 0 aromatic heterocycles. The number of hydrogen-bond acceptors (Lipinski definition) is 4. The Hall–Kier alpha value is -2.28. The molecule has 0 saturated carbocycles. The number of nitrogens with one attached hydrogen (secondary N) is 1. The van der Waals surface area contributed by atoms with Crippen LogP contribution < -0.4 is 5.32 Å². The number of amides is 1. The number of halogens is 2. The van der Waals surface area contributed by atoms with Gasteiger partial charge in [-0.05, 0) is 37.1 Å². The topological polar surface area (TPSA) is 84.9 Å². The van der Waals surface area contributed by atoms with Crippen LogP contribution in [-0.2, 0) is 33.8 Å². The molecular weight excluding hydrogens is 417 g/mol. The van der Waals surface area contributed by atoms with Crippen molar-refractivity contribution < 1.29 is 24.2 Å².